The molecule has 0 amide bonds. The highest BCUT2D eigenvalue weighted by atomic mass is 15.1. The third-order valence-electron chi connectivity index (χ3n) is 4.34. The molecule has 19 heavy (non-hydrogen) atoms. The van der Waals surface area contributed by atoms with Crippen molar-refractivity contribution < 1.29 is 0 Å². The summed E-state index contributed by atoms with van der Waals surface area (Å²) in [7, 11) is 2.24. The maximum atomic E-state index is 3.65. The van der Waals surface area contributed by atoms with Gasteiger partial charge in [-0.25, -0.2) is 0 Å². The Morgan fingerprint density at radius 3 is 2.63 bits per heavy atom. The lowest BCUT2D eigenvalue weighted by Crippen LogP contribution is -2.40. The lowest BCUT2D eigenvalue weighted by atomic mass is 9.98. The second-order valence-corrected chi connectivity index (χ2v) is 6.13. The molecule has 0 aromatic heterocycles. The number of rotatable bonds is 5. The van der Waals surface area contributed by atoms with Crippen molar-refractivity contribution in [3.8, 4) is 0 Å². The van der Waals surface area contributed by atoms with Gasteiger partial charge in [0.2, 0.25) is 0 Å². The van der Waals surface area contributed by atoms with Crippen LogP contribution in [0.5, 0.6) is 0 Å². The summed E-state index contributed by atoms with van der Waals surface area (Å²) >= 11 is 0. The maximum absolute atomic E-state index is 3.65. The Labute approximate surface area is 118 Å². The van der Waals surface area contributed by atoms with Crippen LogP contribution in [-0.2, 0) is 6.54 Å². The summed E-state index contributed by atoms with van der Waals surface area (Å²) < 4.78 is 0. The minimum Gasteiger partial charge on any atom is -0.314 e. The fraction of sp³-hybridized carbons (Fsp3) is 0.647. The number of aryl methyl sites for hydroxylation is 1. The molecule has 106 valence electrons. The van der Waals surface area contributed by atoms with Gasteiger partial charge in [0.05, 0.1) is 0 Å². The van der Waals surface area contributed by atoms with Gasteiger partial charge in [-0.15, -0.1) is 0 Å². The summed E-state index contributed by atoms with van der Waals surface area (Å²) in [5, 5.41) is 3.65. The summed E-state index contributed by atoms with van der Waals surface area (Å²) in [5.74, 6) is 0. The molecule has 1 fully saturated rings. The third kappa shape index (κ3) is 4.63. The second kappa shape index (κ2) is 7.06. The van der Waals surface area contributed by atoms with Crippen LogP contribution in [0.2, 0.25) is 0 Å². The molecule has 0 spiro atoms. The van der Waals surface area contributed by atoms with Crippen molar-refractivity contribution in [1.82, 2.24) is 10.2 Å². The topological polar surface area (TPSA) is 15.3 Å². The van der Waals surface area contributed by atoms with Crippen LogP contribution in [0.1, 0.15) is 43.7 Å². The molecule has 0 saturated carbocycles. The highest BCUT2D eigenvalue weighted by molar-refractivity contribution is 5.21. The first-order chi connectivity index (χ1) is 9.15. The van der Waals surface area contributed by atoms with Crippen molar-refractivity contribution in [2.45, 2.75) is 58.2 Å². The van der Waals surface area contributed by atoms with Crippen molar-refractivity contribution in [1.29, 1.82) is 0 Å². The fourth-order valence-corrected chi connectivity index (χ4v) is 2.85. The molecule has 2 unspecified atom stereocenters. The van der Waals surface area contributed by atoms with Gasteiger partial charge in [0.15, 0.2) is 0 Å². The molecule has 0 radical (unpaired) electrons. The molecular weight excluding hydrogens is 232 g/mol. The lowest BCUT2D eigenvalue weighted by molar-refractivity contribution is 0.209. The molecule has 1 aromatic rings. The average Bonchev–Trinajstić information content (AvgIpc) is 2.42. The van der Waals surface area contributed by atoms with E-state index in [2.05, 4.69) is 55.4 Å². The van der Waals surface area contributed by atoms with Crippen LogP contribution in [0.4, 0.5) is 0 Å². The summed E-state index contributed by atoms with van der Waals surface area (Å²) in [5.41, 5.74) is 2.75. The smallest absolute Gasteiger partial charge is 0.0233 e. The van der Waals surface area contributed by atoms with E-state index in [-0.39, 0.29) is 0 Å². The van der Waals surface area contributed by atoms with Gasteiger partial charge in [-0.3, -0.25) is 4.90 Å². The highest BCUT2D eigenvalue weighted by Crippen LogP contribution is 2.16. The lowest BCUT2D eigenvalue weighted by Gasteiger charge is -2.31. The van der Waals surface area contributed by atoms with Crippen LogP contribution in [-0.4, -0.2) is 30.6 Å². The second-order valence-electron chi connectivity index (χ2n) is 6.13. The van der Waals surface area contributed by atoms with Crippen LogP contribution in [0, 0.1) is 6.92 Å². The third-order valence-corrected chi connectivity index (χ3v) is 4.34. The van der Waals surface area contributed by atoms with Crippen LogP contribution in [0.25, 0.3) is 0 Å². The van der Waals surface area contributed by atoms with E-state index < -0.39 is 0 Å². The molecule has 1 saturated heterocycles. The molecule has 2 heteroatoms. The van der Waals surface area contributed by atoms with Gasteiger partial charge in [-0.05, 0) is 52.3 Å². The van der Waals surface area contributed by atoms with Crippen molar-refractivity contribution in [2.75, 3.05) is 13.6 Å². The van der Waals surface area contributed by atoms with E-state index in [0.717, 1.165) is 12.6 Å². The fourth-order valence-electron chi connectivity index (χ4n) is 2.85. The van der Waals surface area contributed by atoms with Gasteiger partial charge in [-0.2, -0.15) is 0 Å². The molecule has 1 N–H and O–H groups in total. The Morgan fingerprint density at radius 1 is 1.26 bits per heavy atom. The molecule has 1 heterocycles. The Morgan fingerprint density at radius 2 is 2.00 bits per heavy atom. The molecular formula is C17H28N2. The van der Waals surface area contributed by atoms with E-state index in [0.29, 0.717) is 6.04 Å². The molecule has 1 aliphatic heterocycles. The molecule has 2 nitrogen and oxygen atoms in total. The van der Waals surface area contributed by atoms with E-state index >= 15 is 0 Å². The van der Waals surface area contributed by atoms with E-state index in [1.165, 1.54) is 43.4 Å². The molecule has 1 aromatic carbocycles. The minimum absolute atomic E-state index is 0.636. The maximum Gasteiger partial charge on any atom is 0.0233 e. The van der Waals surface area contributed by atoms with Crippen LogP contribution in [0.3, 0.4) is 0 Å². The number of piperidine rings is 1. The van der Waals surface area contributed by atoms with Gasteiger partial charge < -0.3 is 5.32 Å². The number of nitrogens with zero attached hydrogens (tertiary/aromatic N) is 1. The van der Waals surface area contributed by atoms with Crippen molar-refractivity contribution in [2.24, 2.45) is 0 Å². The van der Waals surface area contributed by atoms with Gasteiger partial charge in [0, 0.05) is 18.6 Å². The predicted octanol–water partition coefficient (Wildman–Crippen LogP) is 3.35. The zero-order chi connectivity index (χ0) is 13.7. The van der Waals surface area contributed by atoms with Crippen LogP contribution in [0.15, 0.2) is 24.3 Å². The van der Waals surface area contributed by atoms with Crippen LogP contribution < -0.4 is 5.32 Å². The first kappa shape index (κ1) is 14.5. The predicted molar refractivity (Wildman–Crippen MR) is 82.4 cm³/mol. The monoisotopic (exact) mass is 260 g/mol. The Bertz CT molecular complexity index is 365. The number of nitrogens with one attached hydrogen (secondary N) is 1. The Hall–Kier alpha value is -0.860. The highest BCUT2D eigenvalue weighted by Gasteiger charge is 2.18. The van der Waals surface area contributed by atoms with Crippen molar-refractivity contribution in [3.63, 3.8) is 0 Å². The Kier molecular flexibility index (Phi) is 5.41. The van der Waals surface area contributed by atoms with Crippen molar-refractivity contribution >= 4 is 0 Å². The van der Waals surface area contributed by atoms with E-state index in [1.54, 1.807) is 0 Å². The molecule has 2 rings (SSSR count). The zero-order valence-corrected chi connectivity index (χ0v) is 12.7. The zero-order valence-electron chi connectivity index (χ0n) is 12.7. The first-order valence-corrected chi connectivity index (χ1v) is 7.64. The standard InChI is InChI=1S/C17H28N2/c1-14-7-9-16(10-8-14)13-19(3)15(2)12-17-6-4-5-11-18-17/h7-10,15,17-18H,4-6,11-13H2,1-3H3. The number of benzene rings is 1. The largest absolute Gasteiger partial charge is 0.314 e. The van der Waals surface area contributed by atoms with E-state index in [4.69, 9.17) is 0 Å². The summed E-state index contributed by atoms with van der Waals surface area (Å²) in [6, 6.07) is 10.3. The quantitative estimate of drug-likeness (QED) is 0.873. The van der Waals surface area contributed by atoms with E-state index in [9.17, 15) is 0 Å². The summed E-state index contributed by atoms with van der Waals surface area (Å²) in [6.45, 7) is 6.75. The molecule has 0 bridgehead atoms. The molecule has 1 aliphatic rings. The molecule has 0 aliphatic carbocycles. The average molecular weight is 260 g/mol. The van der Waals surface area contributed by atoms with Gasteiger partial charge in [0.25, 0.3) is 0 Å². The van der Waals surface area contributed by atoms with E-state index in [1.807, 2.05) is 0 Å². The summed E-state index contributed by atoms with van der Waals surface area (Å²) in [4.78, 5) is 2.47. The number of hydrogen-bond acceptors (Lipinski definition) is 2. The van der Waals surface area contributed by atoms with Gasteiger partial charge in [-0.1, -0.05) is 36.2 Å². The van der Waals surface area contributed by atoms with Gasteiger partial charge in [0.1, 0.15) is 0 Å². The SMILES string of the molecule is Cc1ccc(CN(C)C(C)CC2CCCCN2)cc1. The van der Waals surface area contributed by atoms with Gasteiger partial charge >= 0.3 is 0 Å². The van der Waals surface area contributed by atoms with Crippen LogP contribution >= 0.6 is 0 Å². The normalized spacial score (nSPS) is 21.6. The summed E-state index contributed by atoms with van der Waals surface area (Å²) in [6.07, 6.45) is 5.36. The first-order valence-electron chi connectivity index (χ1n) is 7.64. The minimum atomic E-state index is 0.636. The molecule has 2 atom stereocenters. The Balaban J connectivity index is 1.81. The number of hydrogen-bond donors (Lipinski definition) is 1. The van der Waals surface area contributed by atoms with Crippen molar-refractivity contribution in [3.05, 3.63) is 35.4 Å².